The summed E-state index contributed by atoms with van der Waals surface area (Å²) in [5.41, 5.74) is 3.86. The van der Waals surface area contributed by atoms with Gasteiger partial charge in [0.1, 0.15) is 24.7 Å². The highest BCUT2D eigenvalue weighted by atomic mass is 127. The Bertz CT molecular complexity index is 1800. The Morgan fingerprint density at radius 3 is 1.12 bits per heavy atom. The number of carbonyl (C=O) groups is 6. The summed E-state index contributed by atoms with van der Waals surface area (Å²) in [6.45, 7) is -0.821. The standard InChI is InChI=1S/C33H40I6N6O15/c1-11(48)28(55)42-44(32(59)24-18(36)5-16(34)22(26(24)38)30(57)40-20(53)3-13(50)9-46)7-15(52)8-45(43-29(56)12(2)49)33(60)25-19(37)6-17(35)23(27(25)39)31(58)41-21(54)4-14(51)10-47/h5-6,11-15,20-21,46-54H,3-4,7-10H2,1-2H3,(H,40,57)(H,41,58)(H,42,55)(H,43,56). The van der Waals surface area contributed by atoms with Crippen LogP contribution in [0.15, 0.2) is 12.1 Å². The summed E-state index contributed by atoms with van der Waals surface area (Å²) in [6, 6.07) is 2.88. The third-order valence-corrected chi connectivity index (χ3v) is 13.3. The van der Waals surface area contributed by atoms with Crippen molar-refractivity contribution in [3.05, 3.63) is 55.8 Å². The average molecular weight is 1520 g/mol. The van der Waals surface area contributed by atoms with Crippen molar-refractivity contribution in [1.82, 2.24) is 31.5 Å². The van der Waals surface area contributed by atoms with Crippen molar-refractivity contribution in [3.8, 4) is 0 Å². The van der Waals surface area contributed by atoms with Gasteiger partial charge in [-0.1, -0.05) is 0 Å². The molecule has 2 rings (SSSR count). The lowest BCUT2D eigenvalue weighted by atomic mass is 10.1. The van der Waals surface area contributed by atoms with E-state index in [4.69, 9.17) is 10.2 Å². The van der Waals surface area contributed by atoms with Crippen LogP contribution in [-0.2, 0) is 9.59 Å². The van der Waals surface area contributed by atoms with Gasteiger partial charge in [0, 0.05) is 34.3 Å². The van der Waals surface area contributed by atoms with Crippen LogP contribution in [0.3, 0.4) is 0 Å². The van der Waals surface area contributed by atoms with Gasteiger partial charge in [-0.2, -0.15) is 0 Å². The number of hydrogen-bond acceptors (Lipinski definition) is 15. The van der Waals surface area contributed by atoms with Crippen LogP contribution in [0.25, 0.3) is 0 Å². The highest BCUT2D eigenvalue weighted by Crippen LogP contribution is 2.31. The van der Waals surface area contributed by atoms with Crippen LogP contribution in [-0.4, -0.2) is 161 Å². The summed E-state index contributed by atoms with van der Waals surface area (Å²) in [7, 11) is 0. The molecule has 60 heavy (non-hydrogen) atoms. The molecule has 0 spiro atoms. The fourth-order valence-corrected chi connectivity index (χ4v) is 13.4. The van der Waals surface area contributed by atoms with Crippen molar-refractivity contribution in [2.75, 3.05) is 26.3 Å². The quantitative estimate of drug-likeness (QED) is 0.0467. The maximum atomic E-state index is 14.3. The molecule has 0 bridgehead atoms. The van der Waals surface area contributed by atoms with Crippen LogP contribution in [0, 0.1) is 21.4 Å². The number of amides is 6. The van der Waals surface area contributed by atoms with E-state index in [9.17, 15) is 64.5 Å². The molecule has 6 unspecified atom stereocenters. The van der Waals surface area contributed by atoms with E-state index in [1.807, 2.05) is 45.2 Å². The topological polar surface area (TPSA) is 339 Å². The first kappa shape index (κ1) is 55.4. The summed E-state index contributed by atoms with van der Waals surface area (Å²) in [5, 5.41) is 95.2. The molecule has 6 atom stereocenters. The van der Waals surface area contributed by atoms with Gasteiger partial charge in [0.05, 0.1) is 66.9 Å². The Morgan fingerprint density at radius 2 is 0.833 bits per heavy atom. The van der Waals surface area contributed by atoms with Gasteiger partial charge in [-0.05, 0) is 162 Å². The van der Waals surface area contributed by atoms with Gasteiger partial charge >= 0.3 is 0 Å². The molecule has 0 aliphatic heterocycles. The van der Waals surface area contributed by atoms with Crippen LogP contribution in [0.4, 0.5) is 0 Å². The fraction of sp³-hybridized carbons (Fsp3) is 0.455. The first-order valence-electron chi connectivity index (χ1n) is 17.1. The number of halogens is 6. The van der Waals surface area contributed by atoms with Crippen molar-refractivity contribution in [1.29, 1.82) is 0 Å². The molecule has 2 aromatic carbocycles. The molecule has 21 nitrogen and oxygen atoms in total. The maximum Gasteiger partial charge on any atom is 0.274 e. The highest BCUT2D eigenvalue weighted by Gasteiger charge is 2.34. The number of nitrogens with one attached hydrogen (secondary N) is 4. The lowest BCUT2D eigenvalue weighted by Gasteiger charge is -2.31. The number of hydrazine groups is 2. The third-order valence-electron chi connectivity index (χ3n) is 7.76. The summed E-state index contributed by atoms with van der Waals surface area (Å²) < 4.78 is 1.20. The van der Waals surface area contributed by atoms with Gasteiger partial charge in [0.15, 0.2) is 0 Å². The van der Waals surface area contributed by atoms with Crippen LogP contribution in [0.5, 0.6) is 0 Å². The van der Waals surface area contributed by atoms with Crippen LogP contribution >= 0.6 is 136 Å². The lowest BCUT2D eigenvalue weighted by Crippen LogP contribution is -2.56. The molecule has 0 aliphatic carbocycles. The molecular formula is C33H40I6N6O15. The van der Waals surface area contributed by atoms with E-state index in [0.717, 1.165) is 13.8 Å². The fourth-order valence-electron chi connectivity index (χ4n) is 4.78. The van der Waals surface area contributed by atoms with Crippen molar-refractivity contribution >= 4 is 171 Å². The second kappa shape index (κ2) is 25.7. The highest BCUT2D eigenvalue weighted by molar-refractivity contribution is 14.1. The monoisotopic (exact) mass is 1520 g/mol. The number of aliphatic hydroxyl groups is 9. The summed E-state index contributed by atoms with van der Waals surface area (Å²) in [5.74, 6) is -5.98. The predicted octanol–water partition coefficient (Wildman–Crippen LogP) is -1.33. The minimum atomic E-state index is -1.83. The van der Waals surface area contributed by atoms with Crippen molar-refractivity contribution in [2.45, 2.75) is 69.7 Å². The molecule has 0 heterocycles. The molecular weight excluding hydrogens is 1480 g/mol. The zero-order valence-corrected chi connectivity index (χ0v) is 44.0. The molecule has 334 valence electrons. The molecule has 0 aliphatic rings. The molecule has 27 heteroatoms. The molecule has 0 saturated carbocycles. The van der Waals surface area contributed by atoms with Crippen molar-refractivity contribution < 1.29 is 74.7 Å². The largest absolute Gasteiger partial charge is 0.394 e. The zero-order chi connectivity index (χ0) is 45.9. The normalized spacial score (nSPS) is 14.8. The minimum Gasteiger partial charge on any atom is -0.394 e. The Hall–Kier alpha value is -0.720. The SMILES string of the molecule is CC(O)C(=O)NN(CC(O)CN(NC(=O)C(C)O)C(=O)c1c(I)cc(I)c(C(=O)NC(O)CC(O)CO)c1I)C(=O)c1c(I)cc(I)c(C(=O)NC(O)CC(O)CO)c1I. The second-order valence-corrected chi connectivity index (χ2v) is 19.5. The molecule has 0 radical (unpaired) electrons. The Morgan fingerprint density at radius 1 is 0.533 bits per heavy atom. The number of carbonyl (C=O) groups excluding carboxylic acids is 6. The van der Waals surface area contributed by atoms with Gasteiger partial charge < -0.3 is 56.6 Å². The maximum absolute atomic E-state index is 14.3. The number of rotatable bonds is 18. The van der Waals surface area contributed by atoms with Gasteiger partial charge in [-0.25, -0.2) is 10.0 Å². The van der Waals surface area contributed by atoms with E-state index in [1.165, 1.54) is 12.1 Å². The van der Waals surface area contributed by atoms with Crippen molar-refractivity contribution in [3.63, 3.8) is 0 Å². The lowest BCUT2D eigenvalue weighted by molar-refractivity contribution is -0.133. The number of hydrogen-bond donors (Lipinski definition) is 13. The minimum absolute atomic E-state index is 0.0212. The third kappa shape index (κ3) is 15.8. The van der Waals surface area contributed by atoms with E-state index >= 15 is 0 Å². The van der Waals surface area contributed by atoms with Crippen LogP contribution in [0.1, 0.15) is 68.1 Å². The molecule has 0 aromatic heterocycles. The van der Waals surface area contributed by atoms with E-state index in [-0.39, 0.29) is 36.5 Å². The average Bonchev–Trinajstić information content (AvgIpc) is 3.12. The van der Waals surface area contributed by atoms with E-state index < -0.39 is 118 Å². The van der Waals surface area contributed by atoms with E-state index in [1.54, 1.807) is 90.4 Å². The summed E-state index contributed by atoms with van der Waals surface area (Å²) >= 11 is 10.6. The number of aliphatic hydroxyl groups excluding tert-OH is 9. The Kier molecular flexibility index (Phi) is 23.7. The van der Waals surface area contributed by atoms with Crippen LogP contribution < -0.4 is 21.5 Å². The number of benzene rings is 2. The molecule has 0 saturated heterocycles. The predicted molar refractivity (Wildman–Crippen MR) is 259 cm³/mol. The van der Waals surface area contributed by atoms with E-state index in [2.05, 4.69) is 21.5 Å². The molecule has 0 fully saturated rings. The first-order valence-corrected chi connectivity index (χ1v) is 23.5. The molecule has 6 amide bonds. The second-order valence-electron chi connectivity index (χ2n) is 12.7. The molecule has 13 N–H and O–H groups in total. The van der Waals surface area contributed by atoms with Gasteiger partial charge in [-0.3, -0.25) is 39.6 Å². The van der Waals surface area contributed by atoms with Gasteiger partial charge in [-0.15, -0.1) is 0 Å². The molecule has 2 aromatic rings. The first-order chi connectivity index (χ1) is 27.9. The Labute approximate surface area is 423 Å². The van der Waals surface area contributed by atoms with Gasteiger partial charge in [0.25, 0.3) is 35.4 Å². The van der Waals surface area contributed by atoms with Crippen molar-refractivity contribution in [2.24, 2.45) is 0 Å². The summed E-state index contributed by atoms with van der Waals surface area (Å²) in [4.78, 5) is 80.6. The summed E-state index contributed by atoms with van der Waals surface area (Å²) in [6.07, 6.45) is -11.9. The Balaban J connectivity index is 2.60. The van der Waals surface area contributed by atoms with Crippen LogP contribution in [0.2, 0.25) is 0 Å². The van der Waals surface area contributed by atoms with E-state index in [0.29, 0.717) is 17.2 Å². The number of nitrogens with zero attached hydrogens (tertiary/aromatic N) is 2. The zero-order valence-electron chi connectivity index (χ0n) is 31.1. The smallest absolute Gasteiger partial charge is 0.274 e. The van der Waals surface area contributed by atoms with Gasteiger partial charge in [0.2, 0.25) is 0 Å².